The number of hydrogen-bond donors (Lipinski definition) is 4. The van der Waals surface area contributed by atoms with E-state index in [1.165, 1.54) is 63.9 Å². The normalized spacial score (nSPS) is 27.4. The molecule has 1 fully saturated rings. The van der Waals surface area contributed by atoms with E-state index in [1.54, 1.807) is 6.08 Å². The van der Waals surface area contributed by atoms with Crippen LogP contribution < -0.4 is 0 Å². The average Bonchev–Trinajstić information content (AvgIpc) is 2.71. The summed E-state index contributed by atoms with van der Waals surface area (Å²) >= 11 is 0. The zero-order valence-corrected chi connectivity index (χ0v) is 17.7. The average molecular weight is 417 g/mol. The van der Waals surface area contributed by atoms with Gasteiger partial charge in [0, 0.05) is 6.08 Å². The molecule has 0 aromatic heterocycles. The lowest BCUT2D eigenvalue weighted by Gasteiger charge is -2.37. The van der Waals surface area contributed by atoms with Crippen molar-refractivity contribution in [2.24, 2.45) is 0 Å². The van der Waals surface area contributed by atoms with E-state index in [4.69, 9.17) is 9.47 Å². The number of allylic oxidation sites excluding steroid dienone is 1. The van der Waals surface area contributed by atoms with Crippen LogP contribution in [0.3, 0.4) is 0 Å². The molecule has 0 saturated carbocycles. The number of esters is 1. The summed E-state index contributed by atoms with van der Waals surface area (Å²) in [6.07, 6.45) is 10.6. The van der Waals surface area contributed by atoms with Gasteiger partial charge in [-0.3, -0.25) is 0 Å². The SMILES string of the molecule is CCCCCCCCCCCCCC=CC(=O)OC[C@H]1OC(O)[C@H](O)[C@@H](O)[C@@H]1O. The van der Waals surface area contributed by atoms with Gasteiger partial charge in [-0.25, -0.2) is 4.79 Å². The molecule has 7 nitrogen and oxygen atoms in total. The van der Waals surface area contributed by atoms with Crippen LogP contribution in [0.5, 0.6) is 0 Å². The Morgan fingerprint density at radius 2 is 1.38 bits per heavy atom. The smallest absolute Gasteiger partial charge is 0.330 e. The minimum atomic E-state index is -1.63. The van der Waals surface area contributed by atoms with Crippen molar-refractivity contribution in [3.05, 3.63) is 12.2 Å². The van der Waals surface area contributed by atoms with Crippen molar-refractivity contribution >= 4 is 5.97 Å². The first-order chi connectivity index (χ1) is 14.0. The molecule has 0 amide bonds. The second-order valence-electron chi connectivity index (χ2n) is 7.89. The molecule has 0 aromatic rings. The highest BCUT2D eigenvalue weighted by molar-refractivity contribution is 5.81. The van der Waals surface area contributed by atoms with Gasteiger partial charge in [-0.2, -0.15) is 0 Å². The number of carbonyl (C=O) groups excluding carboxylic acids is 1. The van der Waals surface area contributed by atoms with Crippen molar-refractivity contribution in [3.63, 3.8) is 0 Å². The Labute approximate surface area is 174 Å². The number of ether oxygens (including phenoxy) is 2. The topological polar surface area (TPSA) is 116 Å². The monoisotopic (exact) mass is 416 g/mol. The molecule has 170 valence electrons. The molecule has 0 spiro atoms. The summed E-state index contributed by atoms with van der Waals surface area (Å²) in [4.78, 5) is 11.7. The second kappa shape index (κ2) is 15.8. The molecule has 1 unspecified atom stereocenters. The predicted molar refractivity (Wildman–Crippen MR) is 110 cm³/mol. The summed E-state index contributed by atoms with van der Waals surface area (Å²) in [5.74, 6) is -0.570. The second-order valence-corrected chi connectivity index (χ2v) is 7.89. The maximum Gasteiger partial charge on any atom is 0.330 e. The Morgan fingerprint density at radius 3 is 1.97 bits per heavy atom. The number of aliphatic hydroxyl groups excluding tert-OH is 4. The van der Waals surface area contributed by atoms with Crippen LogP contribution in [0.25, 0.3) is 0 Å². The number of rotatable bonds is 15. The van der Waals surface area contributed by atoms with Gasteiger partial charge in [0.15, 0.2) is 6.29 Å². The van der Waals surface area contributed by atoms with E-state index >= 15 is 0 Å². The maximum absolute atomic E-state index is 11.7. The fourth-order valence-corrected chi connectivity index (χ4v) is 3.39. The molecule has 29 heavy (non-hydrogen) atoms. The van der Waals surface area contributed by atoms with Crippen molar-refractivity contribution in [3.8, 4) is 0 Å². The van der Waals surface area contributed by atoms with E-state index in [0.717, 1.165) is 19.3 Å². The van der Waals surface area contributed by atoms with E-state index < -0.39 is 36.7 Å². The van der Waals surface area contributed by atoms with E-state index in [-0.39, 0.29) is 6.61 Å². The predicted octanol–water partition coefficient (Wildman–Crippen LogP) is 2.59. The quantitative estimate of drug-likeness (QED) is 0.184. The van der Waals surface area contributed by atoms with E-state index in [2.05, 4.69) is 6.92 Å². The van der Waals surface area contributed by atoms with Crippen molar-refractivity contribution in [1.82, 2.24) is 0 Å². The summed E-state index contributed by atoms with van der Waals surface area (Å²) in [6.45, 7) is 1.92. The molecule has 0 radical (unpaired) electrons. The molecule has 1 saturated heterocycles. The first kappa shape index (κ1) is 26.0. The number of unbranched alkanes of at least 4 members (excludes halogenated alkanes) is 11. The highest BCUT2D eigenvalue weighted by Gasteiger charge is 2.43. The summed E-state index contributed by atoms with van der Waals surface area (Å²) in [5.41, 5.74) is 0. The van der Waals surface area contributed by atoms with Crippen molar-refractivity contribution in [2.75, 3.05) is 6.61 Å². The fraction of sp³-hybridized carbons (Fsp3) is 0.864. The molecule has 7 heteroatoms. The minimum Gasteiger partial charge on any atom is -0.460 e. The van der Waals surface area contributed by atoms with E-state index in [0.29, 0.717) is 0 Å². The lowest BCUT2D eigenvalue weighted by Crippen LogP contribution is -2.58. The van der Waals surface area contributed by atoms with Gasteiger partial charge in [0.2, 0.25) is 0 Å². The van der Waals surface area contributed by atoms with Crippen molar-refractivity contribution < 1.29 is 34.7 Å². The lowest BCUT2D eigenvalue weighted by molar-refractivity contribution is -0.287. The highest BCUT2D eigenvalue weighted by atomic mass is 16.6. The Hall–Kier alpha value is -0.990. The van der Waals surface area contributed by atoms with Crippen LogP contribution in [0.15, 0.2) is 12.2 Å². The first-order valence-electron chi connectivity index (χ1n) is 11.2. The minimum absolute atomic E-state index is 0.316. The van der Waals surface area contributed by atoms with Crippen LogP contribution in [-0.2, 0) is 14.3 Å². The zero-order valence-electron chi connectivity index (χ0n) is 17.7. The molecule has 0 aromatic carbocycles. The maximum atomic E-state index is 11.7. The van der Waals surface area contributed by atoms with Gasteiger partial charge in [-0.1, -0.05) is 77.2 Å². The molecular weight excluding hydrogens is 376 g/mol. The van der Waals surface area contributed by atoms with Gasteiger partial charge in [-0.15, -0.1) is 0 Å². The van der Waals surface area contributed by atoms with Gasteiger partial charge in [-0.05, 0) is 12.8 Å². The fourth-order valence-electron chi connectivity index (χ4n) is 3.39. The summed E-state index contributed by atoms with van der Waals surface area (Å²) in [5, 5.41) is 38.2. The Kier molecular flexibility index (Phi) is 14.2. The third-order valence-corrected chi connectivity index (χ3v) is 5.31. The Balaban J connectivity index is 2.00. The van der Waals surface area contributed by atoms with Gasteiger partial charge < -0.3 is 29.9 Å². The van der Waals surface area contributed by atoms with Crippen molar-refractivity contribution in [1.29, 1.82) is 0 Å². The molecule has 4 N–H and O–H groups in total. The zero-order chi connectivity index (χ0) is 21.5. The van der Waals surface area contributed by atoms with Crippen LogP contribution in [0.4, 0.5) is 0 Å². The molecule has 1 aliphatic heterocycles. The molecule has 5 atom stereocenters. The lowest BCUT2D eigenvalue weighted by atomic mass is 9.99. The Morgan fingerprint density at radius 1 is 0.828 bits per heavy atom. The summed E-state index contributed by atoms with van der Waals surface area (Å²) in [6, 6.07) is 0. The van der Waals surface area contributed by atoms with E-state index in [1.807, 2.05) is 0 Å². The van der Waals surface area contributed by atoms with Crippen LogP contribution in [0, 0.1) is 0 Å². The van der Waals surface area contributed by atoms with Gasteiger partial charge in [0.1, 0.15) is 31.0 Å². The number of hydrogen-bond acceptors (Lipinski definition) is 7. The van der Waals surface area contributed by atoms with Gasteiger partial charge >= 0.3 is 5.97 Å². The van der Waals surface area contributed by atoms with Gasteiger partial charge in [0.05, 0.1) is 0 Å². The third-order valence-electron chi connectivity index (χ3n) is 5.31. The molecular formula is C22H40O7. The third kappa shape index (κ3) is 11.1. The van der Waals surface area contributed by atoms with E-state index in [9.17, 15) is 25.2 Å². The molecule has 1 heterocycles. The van der Waals surface area contributed by atoms with Gasteiger partial charge in [0.25, 0.3) is 0 Å². The van der Waals surface area contributed by atoms with Crippen molar-refractivity contribution in [2.45, 2.75) is 115 Å². The Bertz CT molecular complexity index is 454. The number of aliphatic hydroxyl groups is 4. The molecule has 0 aliphatic carbocycles. The van der Waals surface area contributed by atoms with Crippen LogP contribution in [-0.4, -0.2) is 63.7 Å². The summed E-state index contributed by atoms with van der Waals surface area (Å²) in [7, 11) is 0. The summed E-state index contributed by atoms with van der Waals surface area (Å²) < 4.78 is 9.92. The largest absolute Gasteiger partial charge is 0.460 e. The first-order valence-corrected chi connectivity index (χ1v) is 11.2. The molecule has 0 bridgehead atoms. The molecule has 1 aliphatic rings. The highest BCUT2D eigenvalue weighted by Crippen LogP contribution is 2.20. The van der Waals surface area contributed by atoms with Crippen LogP contribution in [0.1, 0.15) is 84.0 Å². The standard InChI is InChI=1S/C22H40O7/c1-2-3-4-5-6-7-8-9-10-11-12-13-14-15-18(23)28-16-17-19(24)20(25)21(26)22(27)29-17/h14-15,17,19-22,24-27H,2-13,16H2,1H3/t17-,19-,20+,21-,22?/m1/s1. The number of carbonyl (C=O) groups is 1. The molecule has 1 rings (SSSR count). The van der Waals surface area contributed by atoms with Crippen LogP contribution in [0.2, 0.25) is 0 Å². The van der Waals surface area contributed by atoms with Crippen LogP contribution >= 0.6 is 0 Å².